The predicted octanol–water partition coefficient (Wildman–Crippen LogP) is -0.787. The molecule has 1 aliphatic heterocycles. The number of nitriles is 1. The third-order valence-electron chi connectivity index (χ3n) is 3.43. The largest absolute Gasteiger partial charge is 0.461 e. The number of hydrogen-bond acceptors (Lipinski definition) is 8. The van der Waals surface area contributed by atoms with Crippen molar-refractivity contribution in [2.24, 2.45) is 0 Å². The molecule has 3 atom stereocenters. The Morgan fingerprint density at radius 1 is 1.46 bits per heavy atom. The van der Waals surface area contributed by atoms with Crippen LogP contribution < -0.4 is 11.2 Å². The Labute approximate surface area is 135 Å². The molecule has 1 aromatic rings. The molecule has 1 aliphatic rings. The van der Waals surface area contributed by atoms with Crippen molar-refractivity contribution in [1.82, 2.24) is 9.55 Å². The molecule has 0 aromatic carbocycles. The quantitative estimate of drug-likeness (QED) is 0.705. The fourth-order valence-corrected chi connectivity index (χ4v) is 2.37. The van der Waals surface area contributed by atoms with Crippen LogP contribution in [-0.2, 0) is 23.8 Å². The van der Waals surface area contributed by atoms with Gasteiger partial charge in [0.05, 0.1) is 0 Å². The van der Waals surface area contributed by atoms with Crippen LogP contribution in [0.2, 0.25) is 0 Å². The SMILES string of the molecule is CC(=O)OC[C@@]1(C#N)O[C@@H](n2ccc(=O)[nH]c2=O)C[C@@H]1OC(C)=O. The van der Waals surface area contributed by atoms with Crippen molar-refractivity contribution < 1.29 is 23.8 Å². The summed E-state index contributed by atoms with van der Waals surface area (Å²) in [7, 11) is 0. The Bertz CT molecular complexity index is 806. The second kappa shape index (κ2) is 6.67. The molecule has 0 bridgehead atoms. The minimum Gasteiger partial charge on any atom is -0.461 e. The number of ether oxygens (including phenoxy) is 3. The molecule has 2 rings (SSSR count). The molecular weight excluding hydrogens is 322 g/mol. The van der Waals surface area contributed by atoms with E-state index in [0.717, 1.165) is 24.5 Å². The van der Waals surface area contributed by atoms with Gasteiger partial charge >= 0.3 is 17.6 Å². The van der Waals surface area contributed by atoms with Crippen molar-refractivity contribution in [3.63, 3.8) is 0 Å². The van der Waals surface area contributed by atoms with Gasteiger partial charge in [0.2, 0.25) is 5.60 Å². The highest BCUT2D eigenvalue weighted by Gasteiger charge is 2.53. The maximum atomic E-state index is 11.9. The molecule has 1 aromatic heterocycles. The van der Waals surface area contributed by atoms with Gasteiger partial charge in [0, 0.05) is 32.5 Å². The molecule has 0 amide bonds. The van der Waals surface area contributed by atoms with E-state index in [1.54, 1.807) is 0 Å². The third-order valence-corrected chi connectivity index (χ3v) is 3.43. The van der Waals surface area contributed by atoms with Crippen LogP contribution in [-0.4, -0.2) is 39.8 Å². The zero-order valence-corrected chi connectivity index (χ0v) is 13.0. The van der Waals surface area contributed by atoms with Gasteiger partial charge in [-0.1, -0.05) is 0 Å². The van der Waals surface area contributed by atoms with E-state index < -0.39 is 47.7 Å². The zero-order chi connectivity index (χ0) is 17.9. The number of carbonyl (C=O) groups is 2. The lowest BCUT2D eigenvalue weighted by atomic mass is 9.99. The highest BCUT2D eigenvalue weighted by Crippen LogP contribution is 2.38. The number of rotatable bonds is 4. The first-order chi connectivity index (χ1) is 11.3. The van der Waals surface area contributed by atoms with Crippen molar-refractivity contribution in [3.8, 4) is 6.07 Å². The standard InChI is InChI=1S/C14H15N3O7/c1-8(18)22-7-14(6-15)10(23-9(2)19)5-12(24-14)17-4-3-11(20)16-13(17)21/h3-4,10,12H,5,7H2,1-2H3,(H,16,20,21)/t10-,12+,14+/m0/s1. The summed E-state index contributed by atoms with van der Waals surface area (Å²) in [6.07, 6.45) is -0.854. The molecular formula is C14H15N3O7. The molecule has 1 N–H and O–H groups in total. The average Bonchev–Trinajstić information content (AvgIpc) is 2.83. The first kappa shape index (κ1) is 17.4. The molecule has 10 nitrogen and oxygen atoms in total. The fourth-order valence-electron chi connectivity index (χ4n) is 2.37. The van der Waals surface area contributed by atoms with Crippen LogP contribution in [0.1, 0.15) is 26.5 Å². The van der Waals surface area contributed by atoms with Gasteiger partial charge in [-0.3, -0.25) is 23.9 Å². The van der Waals surface area contributed by atoms with Gasteiger partial charge in [-0.05, 0) is 0 Å². The van der Waals surface area contributed by atoms with Gasteiger partial charge in [-0.15, -0.1) is 0 Å². The number of nitrogens with one attached hydrogen (secondary N) is 1. The minimum absolute atomic E-state index is 0.0274. The predicted molar refractivity (Wildman–Crippen MR) is 76.6 cm³/mol. The van der Waals surface area contributed by atoms with Gasteiger partial charge in [-0.2, -0.15) is 5.26 Å². The Morgan fingerprint density at radius 3 is 2.71 bits per heavy atom. The molecule has 0 unspecified atom stereocenters. The van der Waals surface area contributed by atoms with Crippen LogP contribution in [0, 0.1) is 11.3 Å². The molecule has 0 spiro atoms. The van der Waals surface area contributed by atoms with Gasteiger partial charge in [0.15, 0.2) is 6.10 Å². The van der Waals surface area contributed by atoms with E-state index in [-0.39, 0.29) is 6.42 Å². The normalized spacial score (nSPS) is 25.7. The number of aromatic nitrogens is 2. The number of esters is 2. The first-order valence-corrected chi connectivity index (χ1v) is 6.98. The topological polar surface area (TPSA) is 140 Å². The lowest BCUT2D eigenvalue weighted by Crippen LogP contribution is -2.45. The van der Waals surface area contributed by atoms with Crippen LogP contribution in [0.4, 0.5) is 0 Å². The molecule has 0 saturated carbocycles. The van der Waals surface area contributed by atoms with Crippen molar-refractivity contribution in [1.29, 1.82) is 5.26 Å². The Kier molecular flexibility index (Phi) is 4.85. The van der Waals surface area contributed by atoms with Gasteiger partial charge in [0.1, 0.15) is 18.9 Å². The molecule has 24 heavy (non-hydrogen) atoms. The molecule has 0 aliphatic carbocycles. The number of H-pyrrole nitrogens is 1. The summed E-state index contributed by atoms with van der Waals surface area (Å²) in [5.74, 6) is -1.29. The smallest absolute Gasteiger partial charge is 0.330 e. The average molecular weight is 337 g/mol. The van der Waals surface area contributed by atoms with Crippen molar-refractivity contribution in [2.75, 3.05) is 6.61 Å². The Balaban J connectivity index is 2.36. The number of hydrogen-bond donors (Lipinski definition) is 1. The molecule has 2 heterocycles. The van der Waals surface area contributed by atoms with Crippen LogP contribution in [0.25, 0.3) is 0 Å². The summed E-state index contributed by atoms with van der Waals surface area (Å²) in [6.45, 7) is 1.85. The first-order valence-electron chi connectivity index (χ1n) is 6.98. The monoisotopic (exact) mass is 337 g/mol. The fraction of sp³-hybridized carbons (Fsp3) is 0.500. The number of carbonyl (C=O) groups excluding carboxylic acids is 2. The van der Waals surface area contributed by atoms with Crippen LogP contribution >= 0.6 is 0 Å². The lowest BCUT2D eigenvalue weighted by molar-refractivity contribution is -0.164. The molecule has 1 fully saturated rings. The van der Waals surface area contributed by atoms with E-state index in [1.807, 2.05) is 6.07 Å². The van der Waals surface area contributed by atoms with Crippen LogP contribution in [0.3, 0.4) is 0 Å². The maximum Gasteiger partial charge on any atom is 0.330 e. The molecule has 10 heteroatoms. The second-order valence-corrected chi connectivity index (χ2v) is 5.21. The van der Waals surface area contributed by atoms with Crippen LogP contribution in [0.5, 0.6) is 0 Å². The van der Waals surface area contributed by atoms with E-state index in [4.69, 9.17) is 14.2 Å². The maximum absolute atomic E-state index is 11.9. The molecule has 128 valence electrons. The highest BCUT2D eigenvalue weighted by molar-refractivity contribution is 5.67. The Hall–Kier alpha value is -2.93. The van der Waals surface area contributed by atoms with Crippen molar-refractivity contribution in [2.45, 2.75) is 38.2 Å². The van der Waals surface area contributed by atoms with Crippen molar-refractivity contribution in [3.05, 3.63) is 33.1 Å². The summed E-state index contributed by atoms with van der Waals surface area (Å²) in [4.78, 5) is 47.4. The zero-order valence-electron chi connectivity index (χ0n) is 13.0. The highest BCUT2D eigenvalue weighted by atomic mass is 16.6. The molecule has 0 radical (unpaired) electrons. The van der Waals surface area contributed by atoms with Crippen molar-refractivity contribution >= 4 is 11.9 Å². The van der Waals surface area contributed by atoms with E-state index in [2.05, 4.69) is 4.98 Å². The van der Waals surface area contributed by atoms with Gasteiger partial charge in [0.25, 0.3) is 5.56 Å². The number of nitrogens with zero attached hydrogens (tertiary/aromatic N) is 2. The second-order valence-electron chi connectivity index (χ2n) is 5.21. The summed E-state index contributed by atoms with van der Waals surface area (Å²) >= 11 is 0. The summed E-state index contributed by atoms with van der Waals surface area (Å²) in [6, 6.07) is 2.97. The van der Waals surface area contributed by atoms with E-state index >= 15 is 0 Å². The number of aromatic amines is 1. The minimum atomic E-state index is -1.75. The van der Waals surface area contributed by atoms with E-state index in [9.17, 15) is 24.4 Å². The Morgan fingerprint density at radius 2 is 2.17 bits per heavy atom. The van der Waals surface area contributed by atoms with Gasteiger partial charge in [-0.25, -0.2) is 4.79 Å². The van der Waals surface area contributed by atoms with Crippen LogP contribution in [0.15, 0.2) is 21.9 Å². The summed E-state index contributed by atoms with van der Waals surface area (Å²) in [5.41, 5.74) is -3.08. The van der Waals surface area contributed by atoms with Gasteiger partial charge < -0.3 is 14.2 Å². The third kappa shape index (κ3) is 3.52. The van der Waals surface area contributed by atoms with E-state index in [0.29, 0.717) is 0 Å². The molecule has 1 saturated heterocycles. The summed E-state index contributed by atoms with van der Waals surface area (Å²) < 4.78 is 16.6. The summed E-state index contributed by atoms with van der Waals surface area (Å²) in [5, 5.41) is 9.49. The lowest BCUT2D eigenvalue weighted by Gasteiger charge is -2.26. The van der Waals surface area contributed by atoms with E-state index in [1.165, 1.54) is 6.20 Å².